The Morgan fingerprint density at radius 3 is 2.62 bits per heavy atom. The molecule has 3 aromatic rings. The van der Waals surface area contributed by atoms with E-state index in [1.54, 1.807) is 24.3 Å². The van der Waals surface area contributed by atoms with Crippen LogP contribution in [0.2, 0.25) is 0 Å². The average molecular weight is 392 g/mol. The fourth-order valence-corrected chi connectivity index (χ4v) is 3.22. The van der Waals surface area contributed by atoms with Gasteiger partial charge in [0.2, 0.25) is 5.91 Å². The highest BCUT2D eigenvalue weighted by Crippen LogP contribution is 2.22. The Balaban J connectivity index is 1.44. The Hall–Kier alpha value is -3.32. The third-order valence-corrected chi connectivity index (χ3v) is 4.74. The van der Waals surface area contributed by atoms with Crippen LogP contribution in [0.5, 0.6) is 0 Å². The van der Waals surface area contributed by atoms with Crippen molar-refractivity contribution in [2.75, 3.05) is 36.5 Å². The maximum absolute atomic E-state index is 13.7. The van der Waals surface area contributed by atoms with E-state index >= 15 is 0 Å². The second kappa shape index (κ2) is 8.79. The van der Waals surface area contributed by atoms with Crippen molar-refractivity contribution < 1.29 is 13.9 Å². The number of anilines is 2. The molecule has 7 heteroatoms. The number of carbonyl (C=O) groups excluding carboxylic acids is 1. The van der Waals surface area contributed by atoms with Gasteiger partial charge in [0.15, 0.2) is 5.82 Å². The molecule has 2 heterocycles. The van der Waals surface area contributed by atoms with Crippen LogP contribution in [0.25, 0.3) is 11.3 Å². The molecule has 4 rings (SSSR count). The van der Waals surface area contributed by atoms with Gasteiger partial charge in [0.1, 0.15) is 5.82 Å². The first-order valence-corrected chi connectivity index (χ1v) is 9.49. The molecule has 0 spiro atoms. The van der Waals surface area contributed by atoms with Gasteiger partial charge in [0.05, 0.1) is 25.3 Å². The molecule has 29 heavy (non-hydrogen) atoms. The van der Waals surface area contributed by atoms with E-state index in [9.17, 15) is 9.18 Å². The normalized spacial score (nSPS) is 13.9. The van der Waals surface area contributed by atoms with E-state index in [1.807, 2.05) is 30.3 Å². The van der Waals surface area contributed by atoms with Crippen LogP contribution in [-0.2, 0) is 16.0 Å². The standard InChI is InChI=1S/C22H21FN4O2/c23-19-7-2-1-4-16(19)15-22(28)24-18-6-3-5-17(14-18)20-8-9-21(26-25-20)27-10-12-29-13-11-27/h1-9,14H,10-13,15H2,(H,24,28). The van der Waals surface area contributed by atoms with E-state index in [1.165, 1.54) is 6.07 Å². The first kappa shape index (κ1) is 19.0. The highest BCUT2D eigenvalue weighted by molar-refractivity contribution is 5.92. The van der Waals surface area contributed by atoms with Crippen molar-refractivity contribution in [3.63, 3.8) is 0 Å². The molecule has 0 unspecified atom stereocenters. The second-order valence-corrected chi connectivity index (χ2v) is 6.77. The molecule has 0 saturated carbocycles. The van der Waals surface area contributed by atoms with E-state index in [4.69, 9.17) is 4.74 Å². The summed E-state index contributed by atoms with van der Waals surface area (Å²) in [4.78, 5) is 14.4. The monoisotopic (exact) mass is 392 g/mol. The van der Waals surface area contributed by atoms with Crippen LogP contribution in [0.3, 0.4) is 0 Å². The molecule has 1 saturated heterocycles. The van der Waals surface area contributed by atoms with E-state index in [0.717, 1.165) is 24.5 Å². The van der Waals surface area contributed by atoms with Crippen molar-refractivity contribution in [1.82, 2.24) is 10.2 Å². The Bertz CT molecular complexity index is 988. The molecule has 148 valence electrons. The lowest BCUT2D eigenvalue weighted by atomic mass is 10.1. The van der Waals surface area contributed by atoms with Crippen molar-refractivity contribution >= 4 is 17.4 Å². The minimum Gasteiger partial charge on any atom is -0.378 e. The van der Waals surface area contributed by atoms with Crippen LogP contribution in [0.15, 0.2) is 60.7 Å². The predicted octanol–water partition coefficient (Wildman–Crippen LogP) is 3.30. The van der Waals surface area contributed by atoms with Crippen LogP contribution in [0.1, 0.15) is 5.56 Å². The molecule has 1 amide bonds. The Morgan fingerprint density at radius 1 is 1.03 bits per heavy atom. The summed E-state index contributed by atoms with van der Waals surface area (Å²) in [5.41, 5.74) is 2.55. The van der Waals surface area contributed by atoms with Gasteiger partial charge in [0.25, 0.3) is 0 Å². The summed E-state index contributed by atoms with van der Waals surface area (Å²) >= 11 is 0. The topological polar surface area (TPSA) is 67.4 Å². The molecule has 1 N–H and O–H groups in total. The Morgan fingerprint density at radius 2 is 1.86 bits per heavy atom. The van der Waals surface area contributed by atoms with Gasteiger partial charge in [-0.15, -0.1) is 10.2 Å². The molecule has 0 bridgehead atoms. The number of benzene rings is 2. The van der Waals surface area contributed by atoms with E-state index < -0.39 is 0 Å². The van der Waals surface area contributed by atoms with Gasteiger partial charge < -0.3 is 15.0 Å². The summed E-state index contributed by atoms with van der Waals surface area (Å²) in [6.07, 6.45) is -0.0229. The molecule has 1 aliphatic rings. The fourth-order valence-electron chi connectivity index (χ4n) is 3.22. The number of amides is 1. The summed E-state index contributed by atoms with van der Waals surface area (Å²) in [7, 11) is 0. The van der Waals surface area contributed by atoms with Gasteiger partial charge in [-0.3, -0.25) is 4.79 Å². The number of halogens is 1. The molecule has 6 nitrogen and oxygen atoms in total. The maximum Gasteiger partial charge on any atom is 0.228 e. The van der Waals surface area contributed by atoms with Crippen LogP contribution in [0.4, 0.5) is 15.9 Å². The van der Waals surface area contributed by atoms with E-state index in [-0.39, 0.29) is 18.1 Å². The van der Waals surface area contributed by atoms with Gasteiger partial charge in [-0.2, -0.15) is 0 Å². The van der Waals surface area contributed by atoms with E-state index in [0.29, 0.717) is 30.2 Å². The van der Waals surface area contributed by atoms with Crippen molar-refractivity contribution in [3.05, 3.63) is 72.0 Å². The number of rotatable bonds is 5. The van der Waals surface area contributed by atoms with Gasteiger partial charge in [-0.1, -0.05) is 30.3 Å². The molecule has 1 aliphatic heterocycles. The quantitative estimate of drug-likeness (QED) is 0.722. The molecular formula is C22H21FN4O2. The van der Waals surface area contributed by atoms with Gasteiger partial charge in [-0.05, 0) is 35.9 Å². The number of hydrogen-bond donors (Lipinski definition) is 1. The number of ether oxygens (including phenoxy) is 1. The fraction of sp³-hybridized carbons (Fsp3) is 0.227. The molecule has 0 atom stereocenters. The average Bonchev–Trinajstić information content (AvgIpc) is 2.76. The van der Waals surface area contributed by atoms with Crippen molar-refractivity contribution in [2.45, 2.75) is 6.42 Å². The van der Waals surface area contributed by atoms with Crippen LogP contribution in [-0.4, -0.2) is 42.4 Å². The van der Waals surface area contributed by atoms with Gasteiger partial charge in [0, 0.05) is 24.3 Å². The third-order valence-electron chi connectivity index (χ3n) is 4.74. The Labute approximate surface area is 168 Å². The predicted molar refractivity (Wildman–Crippen MR) is 109 cm³/mol. The smallest absolute Gasteiger partial charge is 0.228 e. The van der Waals surface area contributed by atoms with Gasteiger partial charge in [-0.25, -0.2) is 4.39 Å². The Kier molecular flexibility index (Phi) is 5.76. The molecular weight excluding hydrogens is 371 g/mol. The number of nitrogens with one attached hydrogen (secondary N) is 1. The lowest BCUT2D eigenvalue weighted by Crippen LogP contribution is -2.36. The molecule has 0 radical (unpaired) electrons. The number of nitrogens with zero attached hydrogens (tertiary/aromatic N) is 3. The second-order valence-electron chi connectivity index (χ2n) is 6.77. The van der Waals surface area contributed by atoms with Crippen molar-refractivity contribution in [2.24, 2.45) is 0 Å². The number of morpholine rings is 1. The molecule has 2 aromatic carbocycles. The minimum absolute atomic E-state index is 0.0229. The molecule has 1 fully saturated rings. The first-order valence-electron chi connectivity index (χ1n) is 9.49. The van der Waals surface area contributed by atoms with E-state index in [2.05, 4.69) is 20.4 Å². The lowest BCUT2D eigenvalue weighted by molar-refractivity contribution is -0.115. The lowest BCUT2D eigenvalue weighted by Gasteiger charge is -2.27. The molecule has 1 aromatic heterocycles. The zero-order valence-electron chi connectivity index (χ0n) is 15.8. The number of hydrogen-bond acceptors (Lipinski definition) is 5. The summed E-state index contributed by atoms with van der Waals surface area (Å²) in [5.74, 6) is 0.166. The number of aromatic nitrogens is 2. The largest absolute Gasteiger partial charge is 0.378 e. The van der Waals surface area contributed by atoms with Gasteiger partial charge >= 0.3 is 0 Å². The van der Waals surface area contributed by atoms with Crippen molar-refractivity contribution in [3.8, 4) is 11.3 Å². The third kappa shape index (κ3) is 4.75. The minimum atomic E-state index is -0.382. The zero-order chi connectivity index (χ0) is 20.1. The van der Waals surface area contributed by atoms with Crippen molar-refractivity contribution in [1.29, 1.82) is 0 Å². The maximum atomic E-state index is 13.7. The van der Waals surface area contributed by atoms with Crippen LogP contribution >= 0.6 is 0 Å². The summed E-state index contributed by atoms with van der Waals surface area (Å²) in [5, 5.41) is 11.5. The summed E-state index contributed by atoms with van der Waals surface area (Å²) in [6, 6.07) is 17.5. The summed E-state index contributed by atoms with van der Waals surface area (Å²) < 4.78 is 19.1. The first-order chi connectivity index (χ1) is 14.2. The van der Waals surface area contributed by atoms with Crippen LogP contribution < -0.4 is 10.2 Å². The zero-order valence-corrected chi connectivity index (χ0v) is 15.8. The highest BCUT2D eigenvalue weighted by Gasteiger charge is 2.13. The molecule has 0 aliphatic carbocycles. The number of carbonyl (C=O) groups is 1. The SMILES string of the molecule is O=C(Cc1ccccc1F)Nc1cccc(-c2ccc(N3CCOCC3)nn2)c1. The summed E-state index contributed by atoms with van der Waals surface area (Å²) in [6.45, 7) is 2.99. The van der Waals surface area contributed by atoms with Crippen LogP contribution in [0, 0.1) is 5.82 Å². The highest BCUT2D eigenvalue weighted by atomic mass is 19.1.